The van der Waals surface area contributed by atoms with Crippen LogP contribution in [0, 0.1) is 11.3 Å². The minimum absolute atomic E-state index is 0.0168. The van der Waals surface area contributed by atoms with Crippen molar-refractivity contribution in [2.24, 2.45) is 11.3 Å². The highest BCUT2D eigenvalue weighted by atomic mass is 32.2. The van der Waals surface area contributed by atoms with Crippen LogP contribution in [0.1, 0.15) is 56.1 Å². The van der Waals surface area contributed by atoms with Crippen LogP contribution in [0.25, 0.3) is 0 Å². The average molecular weight is 516 g/mol. The van der Waals surface area contributed by atoms with Gasteiger partial charge < -0.3 is 14.0 Å². The zero-order valence-corrected chi connectivity index (χ0v) is 20.2. The van der Waals surface area contributed by atoms with Crippen LogP contribution in [0.15, 0.2) is 12.1 Å². The average Bonchev–Trinajstić information content (AvgIpc) is 3.68. The van der Waals surface area contributed by atoms with Gasteiger partial charge in [-0.25, -0.2) is 0 Å². The fourth-order valence-electron chi connectivity index (χ4n) is 7.02. The first-order valence-corrected chi connectivity index (χ1v) is 13.5. The quantitative estimate of drug-likeness (QED) is 0.476. The van der Waals surface area contributed by atoms with Crippen molar-refractivity contribution in [1.29, 1.82) is 0 Å². The summed E-state index contributed by atoms with van der Waals surface area (Å²) in [6.07, 6.45) is 4.47. The topological polar surface area (TPSA) is 93.1 Å². The Labute approximate surface area is 201 Å². The van der Waals surface area contributed by atoms with E-state index in [1.165, 1.54) is 13.2 Å². The monoisotopic (exact) mass is 515 g/mol. The third-order valence-electron chi connectivity index (χ3n) is 9.15. The number of rotatable bonds is 5. The van der Waals surface area contributed by atoms with Crippen molar-refractivity contribution in [1.82, 2.24) is 4.90 Å². The van der Waals surface area contributed by atoms with E-state index in [-0.39, 0.29) is 36.0 Å². The smallest absolute Gasteiger partial charge is 0.493 e. The molecule has 7 nitrogen and oxygen atoms in total. The molecule has 0 unspecified atom stereocenters. The minimum Gasteiger partial charge on any atom is -0.493 e. The zero-order valence-electron chi connectivity index (χ0n) is 19.4. The number of carbonyl (C=O) groups excluding carboxylic acids is 1. The van der Waals surface area contributed by atoms with Crippen LogP contribution >= 0.6 is 0 Å². The third kappa shape index (κ3) is 3.23. The predicted molar refractivity (Wildman–Crippen MR) is 118 cm³/mol. The molecule has 11 heteroatoms. The van der Waals surface area contributed by atoms with E-state index in [9.17, 15) is 31.5 Å². The number of fused-ring (bicyclic) bond motifs is 1. The van der Waals surface area contributed by atoms with Gasteiger partial charge in [-0.05, 0) is 69.0 Å². The van der Waals surface area contributed by atoms with Gasteiger partial charge in [-0.2, -0.15) is 21.6 Å². The highest BCUT2D eigenvalue weighted by Crippen LogP contribution is 2.68. The Morgan fingerprint density at radius 3 is 2.51 bits per heavy atom. The second-order valence-electron chi connectivity index (χ2n) is 11.1. The van der Waals surface area contributed by atoms with Gasteiger partial charge in [-0.3, -0.25) is 9.69 Å². The van der Waals surface area contributed by atoms with Gasteiger partial charge in [-0.1, -0.05) is 6.07 Å². The van der Waals surface area contributed by atoms with E-state index in [4.69, 9.17) is 8.92 Å². The molecule has 4 aliphatic carbocycles. The van der Waals surface area contributed by atoms with Gasteiger partial charge >= 0.3 is 15.6 Å². The van der Waals surface area contributed by atoms with Gasteiger partial charge in [-0.15, -0.1) is 0 Å². The first-order chi connectivity index (χ1) is 16.4. The molecule has 1 spiro atoms. The van der Waals surface area contributed by atoms with Crippen molar-refractivity contribution in [3.8, 4) is 11.5 Å². The lowest BCUT2D eigenvalue weighted by atomic mass is 9.47. The standard InChI is InChI=1S/C24H28F3NO6S/c1-33-16-5-4-15-10-17-23(30)13-21(6-7-21)18(29)11-22(23,8-9-28(17)12-14-2-3-14)19(15)20(16)34-35(31,32)24(25,26)27/h4-5,14,17,30H,2-3,6-13H2,1H3/t17-,22-,23-/m1/s1. The number of likely N-dealkylation sites (tertiary alicyclic amines) is 1. The van der Waals surface area contributed by atoms with E-state index < -0.39 is 37.8 Å². The molecule has 1 N–H and O–H groups in total. The maximum atomic E-state index is 13.4. The molecule has 192 valence electrons. The Balaban J connectivity index is 1.55. The van der Waals surface area contributed by atoms with Gasteiger partial charge in [0, 0.05) is 35.4 Å². The Morgan fingerprint density at radius 1 is 1.20 bits per heavy atom. The van der Waals surface area contributed by atoms with E-state index in [0.717, 1.165) is 19.4 Å². The van der Waals surface area contributed by atoms with E-state index in [1.54, 1.807) is 6.07 Å². The molecule has 1 saturated heterocycles. The number of ether oxygens (including phenoxy) is 1. The zero-order chi connectivity index (χ0) is 25.0. The predicted octanol–water partition coefficient (Wildman–Crippen LogP) is 3.08. The molecule has 6 rings (SSSR count). The van der Waals surface area contributed by atoms with Crippen molar-refractivity contribution in [3.63, 3.8) is 0 Å². The molecule has 3 atom stereocenters. The van der Waals surface area contributed by atoms with Crippen molar-refractivity contribution in [2.45, 2.75) is 73.9 Å². The highest BCUT2D eigenvalue weighted by molar-refractivity contribution is 7.88. The molecule has 0 amide bonds. The summed E-state index contributed by atoms with van der Waals surface area (Å²) in [7, 11) is -4.79. The summed E-state index contributed by atoms with van der Waals surface area (Å²) in [4.78, 5) is 15.6. The fourth-order valence-corrected chi connectivity index (χ4v) is 7.50. The van der Waals surface area contributed by atoms with Crippen LogP contribution in [0.3, 0.4) is 0 Å². The molecule has 5 aliphatic rings. The van der Waals surface area contributed by atoms with Crippen molar-refractivity contribution >= 4 is 15.9 Å². The fraction of sp³-hybridized carbons (Fsp3) is 0.708. The summed E-state index contributed by atoms with van der Waals surface area (Å²) in [5.74, 6) is -0.183. The third-order valence-corrected chi connectivity index (χ3v) is 10.1. The SMILES string of the molecule is COc1ccc2c(c1OS(=O)(=O)C(F)(F)F)[C@]13CCN(CC4CC4)[C@H](C2)[C@]1(O)CC1(CC1)C(=O)C3. The first-order valence-electron chi connectivity index (χ1n) is 12.1. The summed E-state index contributed by atoms with van der Waals surface area (Å²) in [5, 5.41) is 12.5. The molecular formula is C24H28F3NO6S. The summed E-state index contributed by atoms with van der Waals surface area (Å²) in [6, 6.07) is 2.78. The van der Waals surface area contributed by atoms with Gasteiger partial charge in [0.2, 0.25) is 0 Å². The molecule has 1 aromatic carbocycles. The molecule has 0 aromatic heterocycles. The van der Waals surface area contributed by atoms with Crippen LogP contribution in [-0.4, -0.2) is 61.6 Å². The lowest BCUT2D eigenvalue weighted by molar-refractivity contribution is -0.185. The van der Waals surface area contributed by atoms with Crippen LogP contribution in [0.4, 0.5) is 13.2 Å². The number of aliphatic hydroxyl groups is 1. The Kier molecular flexibility index (Phi) is 4.80. The number of benzene rings is 1. The van der Waals surface area contributed by atoms with Gasteiger partial charge in [0.25, 0.3) is 0 Å². The summed E-state index contributed by atoms with van der Waals surface area (Å²) >= 11 is 0. The van der Waals surface area contributed by atoms with Crippen molar-refractivity contribution in [2.75, 3.05) is 20.2 Å². The highest BCUT2D eigenvalue weighted by Gasteiger charge is 2.72. The van der Waals surface area contributed by atoms with Crippen LogP contribution in [0.2, 0.25) is 0 Å². The number of carbonyl (C=O) groups is 1. The van der Waals surface area contributed by atoms with Crippen LogP contribution in [0.5, 0.6) is 11.5 Å². The van der Waals surface area contributed by atoms with Crippen molar-refractivity contribution < 1.29 is 40.4 Å². The molecule has 3 saturated carbocycles. The van der Waals surface area contributed by atoms with Gasteiger partial charge in [0.1, 0.15) is 5.78 Å². The second kappa shape index (κ2) is 7.13. The molecule has 1 aromatic rings. The number of hydrogen-bond donors (Lipinski definition) is 1. The first kappa shape index (κ1) is 23.5. The van der Waals surface area contributed by atoms with E-state index >= 15 is 0 Å². The number of hydrogen-bond acceptors (Lipinski definition) is 7. The molecular weight excluding hydrogens is 487 g/mol. The summed E-state index contributed by atoms with van der Waals surface area (Å²) < 4.78 is 74.2. The number of Topliss-reactive ketones (excluding diaryl/α,β-unsaturated/α-hetero) is 1. The lowest BCUT2D eigenvalue weighted by Gasteiger charge is -2.64. The summed E-state index contributed by atoms with van der Waals surface area (Å²) in [6.45, 7) is 1.40. The number of alkyl halides is 3. The molecule has 1 aliphatic heterocycles. The van der Waals surface area contributed by atoms with Crippen LogP contribution in [-0.2, 0) is 26.7 Å². The lowest BCUT2D eigenvalue weighted by Crippen LogP contribution is -2.74. The Hall–Kier alpha value is -1.85. The van der Waals surface area contributed by atoms with Crippen LogP contribution < -0.4 is 8.92 Å². The summed E-state index contributed by atoms with van der Waals surface area (Å²) in [5.41, 5.74) is -8.11. The largest absolute Gasteiger partial charge is 0.534 e. The second-order valence-corrected chi connectivity index (χ2v) is 12.6. The minimum atomic E-state index is -6.00. The molecule has 0 radical (unpaired) electrons. The number of ketones is 1. The van der Waals surface area contributed by atoms with E-state index in [1.807, 2.05) is 0 Å². The molecule has 2 bridgehead atoms. The maximum absolute atomic E-state index is 13.4. The van der Waals surface area contributed by atoms with Gasteiger partial charge in [0.15, 0.2) is 11.5 Å². The number of piperidine rings is 1. The number of halogens is 3. The van der Waals surface area contributed by atoms with Gasteiger partial charge in [0.05, 0.1) is 12.7 Å². The number of methoxy groups -OCH3 is 1. The van der Waals surface area contributed by atoms with Crippen molar-refractivity contribution in [3.05, 3.63) is 23.3 Å². The molecule has 35 heavy (non-hydrogen) atoms. The Bertz CT molecular complexity index is 1210. The molecule has 4 fully saturated rings. The maximum Gasteiger partial charge on any atom is 0.534 e. The molecule has 1 heterocycles. The Morgan fingerprint density at radius 2 is 1.91 bits per heavy atom. The normalized spacial score (nSPS) is 33.7. The number of nitrogens with zero attached hydrogens (tertiary/aromatic N) is 1. The van der Waals surface area contributed by atoms with E-state index in [0.29, 0.717) is 43.7 Å². The van der Waals surface area contributed by atoms with E-state index in [2.05, 4.69) is 4.90 Å².